The number of amidine groups is 1. The molecule has 0 N–H and O–H groups in total. The van der Waals surface area contributed by atoms with Crippen LogP contribution in [0, 0.1) is 13.8 Å². The van der Waals surface area contributed by atoms with Gasteiger partial charge in [0.2, 0.25) is 5.91 Å². The second-order valence-electron chi connectivity index (χ2n) is 6.10. The van der Waals surface area contributed by atoms with E-state index in [1.165, 1.54) is 17.3 Å². The van der Waals surface area contributed by atoms with Crippen LogP contribution in [0.2, 0.25) is 0 Å². The Morgan fingerprint density at radius 3 is 2.65 bits per heavy atom. The predicted molar refractivity (Wildman–Crippen MR) is 107 cm³/mol. The third-order valence-electron chi connectivity index (χ3n) is 4.12. The molecule has 0 aliphatic carbocycles. The summed E-state index contributed by atoms with van der Waals surface area (Å²) in [5.41, 5.74) is 4.41. The lowest BCUT2D eigenvalue weighted by Gasteiger charge is -2.15. The fraction of sp³-hybridized carbons (Fsp3) is 0.250. The minimum absolute atomic E-state index is 0.0475. The van der Waals surface area contributed by atoms with Crippen LogP contribution in [0.1, 0.15) is 22.3 Å². The second kappa shape index (κ2) is 8.19. The molecule has 0 radical (unpaired) electrons. The molecule has 3 rings (SSSR count). The van der Waals surface area contributed by atoms with Crippen molar-refractivity contribution in [1.29, 1.82) is 0 Å². The Balaban J connectivity index is 1.73. The van der Waals surface area contributed by atoms with Crippen LogP contribution >= 0.6 is 11.8 Å². The molecule has 1 amide bonds. The second-order valence-corrected chi connectivity index (χ2v) is 7.05. The molecule has 2 aromatic carbocycles. The van der Waals surface area contributed by atoms with Crippen LogP contribution in [0.4, 0.5) is 0 Å². The summed E-state index contributed by atoms with van der Waals surface area (Å²) in [4.78, 5) is 13.9. The highest BCUT2D eigenvalue weighted by Crippen LogP contribution is 2.23. The van der Waals surface area contributed by atoms with Gasteiger partial charge >= 0.3 is 0 Å². The normalized spacial score (nSPS) is 16.0. The van der Waals surface area contributed by atoms with E-state index in [1.807, 2.05) is 43.3 Å². The Hall–Kier alpha value is -2.60. The fourth-order valence-corrected chi connectivity index (χ4v) is 3.49. The van der Waals surface area contributed by atoms with Crippen LogP contribution in [0.25, 0.3) is 0 Å². The van der Waals surface area contributed by atoms with Gasteiger partial charge in [-0.15, -0.1) is 5.10 Å². The molecule has 1 fully saturated rings. The van der Waals surface area contributed by atoms with E-state index in [0.717, 1.165) is 22.4 Å². The zero-order valence-electron chi connectivity index (χ0n) is 15.1. The highest BCUT2D eigenvalue weighted by molar-refractivity contribution is 8.15. The summed E-state index contributed by atoms with van der Waals surface area (Å²) in [6.45, 7) is 4.59. The fourth-order valence-electron chi connectivity index (χ4n) is 2.65. The minimum atomic E-state index is 0.0475. The maximum Gasteiger partial charge on any atom is 0.239 e. The van der Waals surface area contributed by atoms with Crippen LogP contribution in [0.15, 0.2) is 52.7 Å². The molecule has 0 atom stereocenters. The molecule has 134 valence electrons. The molecule has 0 bridgehead atoms. The maximum atomic E-state index is 12.2. The Morgan fingerprint density at radius 2 is 1.96 bits per heavy atom. The van der Waals surface area contributed by atoms with Gasteiger partial charge < -0.3 is 4.74 Å². The molecule has 1 heterocycles. The zero-order chi connectivity index (χ0) is 18.5. The smallest absolute Gasteiger partial charge is 0.239 e. The monoisotopic (exact) mass is 367 g/mol. The average Bonchev–Trinajstić information content (AvgIpc) is 2.98. The molecule has 1 aliphatic heterocycles. The molecule has 0 aromatic heterocycles. The molecule has 0 spiro atoms. The first-order valence-electron chi connectivity index (χ1n) is 8.31. The number of ether oxygens (including phenoxy) is 1. The number of aryl methyl sites for hydroxylation is 2. The number of benzene rings is 2. The van der Waals surface area contributed by atoms with Crippen LogP contribution in [0.3, 0.4) is 0 Å². The molecular formula is C20H21N3O2S. The van der Waals surface area contributed by atoms with Gasteiger partial charge in [-0.25, -0.2) is 0 Å². The van der Waals surface area contributed by atoms with Crippen molar-refractivity contribution in [1.82, 2.24) is 4.90 Å². The zero-order valence-corrected chi connectivity index (χ0v) is 15.9. The van der Waals surface area contributed by atoms with E-state index in [1.54, 1.807) is 18.2 Å². The van der Waals surface area contributed by atoms with Crippen LogP contribution in [-0.2, 0) is 11.3 Å². The highest BCUT2D eigenvalue weighted by Gasteiger charge is 2.28. The molecular weight excluding hydrogens is 346 g/mol. The molecule has 0 saturated carbocycles. The average molecular weight is 367 g/mol. The number of nitrogens with zero attached hydrogens (tertiary/aromatic N) is 3. The van der Waals surface area contributed by atoms with Gasteiger partial charge in [0.25, 0.3) is 0 Å². The molecule has 0 unspecified atom stereocenters. The summed E-state index contributed by atoms with van der Waals surface area (Å²) in [6, 6.07) is 13.9. The van der Waals surface area contributed by atoms with E-state index >= 15 is 0 Å². The van der Waals surface area contributed by atoms with Crippen molar-refractivity contribution in [3.63, 3.8) is 0 Å². The minimum Gasteiger partial charge on any atom is -0.497 e. The van der Waals surface area contributed by atoms with E-state index in [-0.39, 0.29) is 5.91 Å². The Bertz CT molecular complexity index is 860. The van der Waals surface area contributed by atoms with Gasteiger partial charge in [0.05, 0.1) is 25.6 Å². The van der Waals surface area contributed by atoms with Crippen LogP contribution < -0.4 is 4.74 Å². The van der Waals surface area contributed by atoms with E-state index in [0.29, 0.717) is 17.5 Å². The summed E-state index contributed by atoms with van der Waals surface area (Å²) in [7, 11) is 1.63. The van der Waals surface area contributed by atoms with E-state index in [2.05, 4.69) is 23.2 Å². The molecule has 26 heavy (non-hydrogen) atoms. The van der Waals surface area contributed by atoms with E-state index < -0.39 is 0 Å². The molecule has 1 saturated heterocycles. The van der Waals surface area contributed by atoms with Crippen molar-refractivity contribution in [3.05, 3.63) is 64.7 Å². The van der Waals surface area contributed by atoms with Crippen LogP contribution in [-0.4, -0.2) is 35.1 Å². The van der Waals surface area contributed by atoms with Gasteiger partial charge in [-0.1, -0.05) is 47.7 Å². The number of amides is 1. The van der Waals surface area contributed by atoms with Gasteiger partial charge in [-0.2, -0.15) is 5.10 Å². The lowest BCUT2D eigenvalue weighted by molar-refractivity contribution is -0.124. The standard InChI is InChI=1S/C20H21N3O2S/c1-14-4-7-17(15(2)10-14)11-21-22-20-23(19(24)13-26-20)12-16-5-8-18(25-3)9-6-16/h4-11H,12-13H2,1-3H3/b21-11+,22-20-. The lowest BCUT2D eigenvalue weighted by atomic mass is 10.1. The van der Waals surface area contributed by atoms with E-state index in [4.69, 9.17) is 4.74 Å². The maximum absolute atomic E-state index is 12.2. The molecule has 2 aromatic rings. The number of hydrogen-bond acceptors (Lipinski definition) is 5. The van der Waals surface area contributed by atoms with Crippen molar-refractivity contribution in [2.75, 3.05) is 12.9 Å². The number of carbonyl (C=O) groups is 1. The Labute approximate surface area is 157 Å². The first-order valence-corrected chi connectivity index (χ1v) is 9.30. The third-order valence-corrected chi connectivity index (χ3v) is 5.07. The summed E-state index contributed by atoms with van der Waals surface area (Å²) >= 11 is 1.42. The molecule has 6 heteroatoms. The summed E-state index contributed by atoms with van der Waals surface area (Å²) < 4.78 is 5.17. The van der Waals surface area contributed by atoms with Crippen molar-refractivity contribution < 1.29 is 9.53 Å². The molecule has 1 aliphatic rings. The SMILES string of the molecule is COc1ccc(CN2C(=O)CS/C2=N\N=C\c2ccc(C)cc2C)cc1. The topological polar surface area (TPSA) is 54.3 Å². The number of methoxy groups -OCH3 is 1. The van der Waals surface area contributed by atoms with Crippen molar-refractivity contribution in [2.45, 2.75) is 20.4 Å². The van der Waals surface area contributed by atoms with Crippen molar-refractivity contribution in [3.8, 4) is 5.75 Å². The number of hydrogen-bond donors (Lipinski definition) is 0. The quantitative estimate of drug-likeness (QED) is 0.597. The first-order chi connectivity index (χ1) is 12.6. The van der Waals surface area contributed by atoms with Crippen molar-refractivity contribution in [2.24, 2.45) is 10.2 Å². The summed E-state index contributed by atoms with van der Waals surface area (Å²) in [6.07, 6.45) is 1.73. The van der Waals surface area contributed by atoms with Gasteiger partial charge in [0, 0.05) is 0 Å². The van der Waals surface area contributed by atoms with E-state index in [9.17, 15) is 4.79 Å². The highest BCUT2D eigenvalue weighted by atomic mass is 32.2. The Kier molecular flexibility index (Phi) is 5.73. The first kappa shape index (κ1) is 18.2. The third kappa shape index (κ3) is 4.32. The van der Waals surface area contributed by atoms with Gasteiger partial charge in [-0.3, -0.25) is 9.69 Å². The summed E-state index contributed by atoms with van der Waals surface area (Å²) in [5.74, 6) is 1.24. The van der Waals surface area contributed by atoms with Crippen molar-refractivity contribution >= 4 is 29.1 Å². The summed E-state index contributed by atoms with van der Waals surface area (Å²) in [5, 5.41) is 9.10. The lowest BCUT2D eigenvalue weighted by Crippen LogP contribution is -2.28. The van der Waals surface area contributed by atoms with Gasteiger partial charge in [-0.05, 0) is 42.7 Å². The Morgan fingerprint density at radius 1 is 1.19 bits per heavy atom. The van der Waals surface area contributed by atoms with Gasteiger partial charge in [0.1, 0.15) is 5.75 Å². The number of thioether (sulfide) groups is 1. The van der Waals surface area contributed by atoms with Gasteiger partial charge in [0.15, 0.2) is 5.17 Å². The predicted octanol–water partition coefficient (Wildman–Crippen LogP) is 3.78. The van der Waals surface area contributed by atoms with Crippen LogP contribution in [0.5, 0.6) is 5.75 Å². The number of carbonyl (C=O) groups excluding carboxylic acids is 1. The number of rotatable bonds is 5. The molecule has 5 nitrogen and oxygen atoms in total. The largest absolute Gasteiger partial charge is 0.497 e.